The summed E-state index contributed by atoms with van der Waals surface area (Å²) in [5.41, 5.74) is 0.755. The first-order chi connectivity index (χ1) is 10.6. The molecule has 0 atom stereocenters. The van der Waals surface area contributed by atoms with Crippen molar-refractivity contribution in [1.29, 1.82) is 0 Å². The summed E-state index contributed by atoms with van der Waals surface area (Å²) in [7, 11) is 0. The molecule has 0 unspecified atom stereocenters. The van der Waals surface area contributed by atoms with Crippen molar-refractivity contribution in [2.75, 3.05) is 5.32 Å². The lowest BCUT2D eigenvalue weighted by molar-refractivity contribution is 0.613. The summed E-state index contributed by atoms with van der Waals surface area (Å²) in [6, 6.07) is 5.93. The van der Waals surface area contributed by atoms with Crippen molar-refractivity contribution in [1.82, 2.24) is 19.6 Å². The van der Waals surface area contributed by atoms with Gasteiger partial charge in [-0.25, -0.2) is 9.37 Å². The van der Waals surface area contributed by atoms with Crippen LogP contribution in [-0.2, 0) is 13.0 Å². The molecule has 0 radical (unpaired) electrons. The summed E-state index contributed by atoms with van der Waals surface area (Å²) < 4.78 is 14.9. The molecule has 0 amide bonds. The number of aryl methyl sites for hydroxylation is 1. The number of aromatic amines is 1. The van der Waals surface area contributed by atoms with Crippen molar-refractivity contribution in [3.63, 3.8) is 0 Å². The van der Waals surface area contributed by atoms with Crippen LogP contribution in [0.15, 0.2) is 29.1 Å². The first-order valence-electron chi connectivity index (χ1n) is 6.74. The van der Waals surface area contributed by atoms with E-state index in [0.29, 0.717) is 28.6 Å². The van der Waals surface area contributed by atoms with Gasteiger partial charge in [0.1, 0.15) is 5.82 Å². The van der Waals surface area contributed by atoms with Gasteiger partial charge in [0.2, 0.25) is 5.95 Å². The van der Waals surface area contributed by atoms with Crippen LogP contribution < -0.4 is 10.9 Å². The molecule has 114 valence electrons. The van der Waals surface area contributed by atoms with Crippen LogP contribution in [0.1, 0.15) is 18.2 Å². The van der Waals surface area contributed by atoms with Gasteiger partial charge in [0.15, 0.2) is 0 Å². The van der Waals surface area contributed by atoms with E-state index in [-0.39, 0.29) is 17.9 Å². The Hall–Kier alpha value is -2.41. The van der Waals surface area contributed by atoms with Gasteiger partial charge in [0, 0.05) is 28.9 Å². The predicted octanol–water partition coefficient (Wildman–Crippen LogP) is 2.38. The second-order valence-corrected chi connectivity index (χ2v) is 5.11. The quantitative estimate of drug-likeness (QED) is 0.773. The van der Waals surface area contributed by atoms with E-state index in [1.165, 1.54) is 22.7 Å². The number of nitrogens with zero attached hydrogens (tertiary/aromatic N) is 3. The van der Waals surface area contributed by atoms with Gasteiger partial charge < -0.3 is 5.32 Å². The molecule has 0 aliphatic carbocycles. The molecular weight excluding hydrogens is 309 g/mol. The maximum atomic E-state index is 13.7. The molecule has 0 aliphatic rings. The number of anilines is 1. The van der Waals surface area contributed by atoms with Crippen molar-refractivity contribution < 1.29 is 4.39 Å². The Labute approximate surface area is 130 Å². The minimum Gasteiger partial charge on any atom is -0.350 e. The van der Waals surface area contributed by atoms with Gasteiger partial charge >= 0.3 is 0 Å². The zero-order valence-corrected chi connectivity index (χ0v) is 12.5. The van der Waals surface area contributed by atoms with Crippen LogP contribution in [0.25, 0.3) is 5.78 Å². The number of nitrogens with one attached hydrogen (secondary N) is 2. The van der Waals surface area contributed by atoms with Crippen molar-refractivity contribution in [3.05, 3.63) is 56.7 Å². The molecule has 2 N–H and O–H groups in total. The summed E-state index contributed by atoms with van der Waals surface area (Å²) in [6.07, 6.45) is 0.645. The fourth-order valence-corrected chi connectivity index (χ4v) is 2.29. The second-order valence-electron chi connectivity index (χ2n) is 4.70. The second kappa shape index (κ2) is 5.76. The molecule has 6 nitrogen and oxygen atoms in total. The summed E-state index contributed by atoms with van der Waals surface area (Å²) in [5, 5.41) is 6.01. The van der Waals surface area contributed by atoms with E-state index >= 15 is 0 Å². The molecule has 0 saturated heterocycles. The molecule has 0 aliphatic heterocycles. The third kappa shape index (κ3) is 2.67. The number of fused-ring (bicyclic) bond motifs is 1. The van der Waals surface area contributed by atoms with Crippen LogP contribution in [-0.4, -0.2) is 19.6 Å². The van der Waals surface area contributed by atoms with Crippen LogP contribution in [0.2, 0.25) is 5.02 Å². The van der Waals surface area contributed by atoms with Crippen molar-refractivity contribution in [2.24, 2.45) is 0 Å². The zero-order chi connectivity index (χ0) is 15.7. The zero-order valence-electron chi connectivity index (χ0n) is 11.7. The van der Waals surface area contributed by atoms with E-state index in [1.807, 2.05) is 6.92 Å². The van der Waals surface area contributed by atoms with Crippen molar-refractivity contribution in [3.8, 4) is 0 Å². The van der Waals surface area contributed by atoms with Crippen LogP contribution in [0, 0.1) is 5.82 Å². The highest BCUT2D eigenvalue weighted by Gasteiger charge is 2.10. The van der Waals surface area contributed by atoms with Gasteiger partial charge in [0.25, 0.3) is 11.3 Å². The minimum atomic E-state index is -0.403. The Balaban J connectivity index is 1.89. The summed E-state index contributed by atoms with van der Waals surface area (Å²) in [4.78, 5) is 20.3. The molecule has 0 saturated carbocycles. The van der Waals surface area contributed by atoms with Gasteiger partial charge in [-0.15, -0.1) is 0 Å². The van der Waals surface area contributed by atoms with E-state index in [4.69, 9.17) is 11.6 Å². The molecule has 3 rings (SSSR count). The molecule has 0 fully saturated rings. The molecule has 2 heterocycles. The minimum absolute atomic E-state index is 0.140. The Morgan fingerprint density at radius 3 is 2.95 bits per heavy atom. The Bertz CT molecular complexity index is 868. The smallest absolute Gasteiger partial charge is 0.274 e. The number of halogens is 2. The number of hydrogen-bond donors (Lipinski definition) is 2. The lowest BCUT2D eigenvalue weighted by atomic mass is 10.2. The number of rotatable bonds is 4. The maximum absolute atomic E-state index is 13.7. The summed E-state index contributed by atoms with van der Waals surface area (Å²) in [6.45, 7) is 2.05. The summed E-state index contributed by atoms with van der Waals surface area (Å²) in [5.74, 6) is 0.184. The standard InChI is InChI=1S/C14H13ClFN5O/c1-2-8-6-12(22)21-14(18-8)19-13(20-21)17-7-9-10(15)4-3-5-11(9)16/h3-6H,2,7H2,1H3,(H2,17,18,19,20). The van der Waals surface area contributed by atoms with Gasteiger partial charge in [-0.2, -0.15) is 9.50 Å². The van der Waals surface area contributed by atoms with Gasteiger partial charge in [0.05, 0.1) is 0 Å². The van der Waals surface area contributed by atoms with Crippen LogP contribution in [0.3, 0.4) is 0 Å². The maximum Gasteiger partial charge on any atom is 0.274 e. The Morgan fingerprint density at radius 2 is 2.23 bits per heavy atom. The number of H-pyrrole nitrogens is 1. The molecule has 8 heteroatoms. The van der Waals surface area contributed by atoms with Gasteiger partial charge in [-0.05, 0) is 18.6 Å². The van der Waals surface area contributed by atoms with E-state index in [9.17, 15) is 9.18 Å². The average Bonchev–Trinajstić information content (AvgIpc) is 2.90. The third-order valence-electron chi connectivity index (χ3n) is 3.24. The van der Waals surface area contributed by atoms with Crippen LogP contribution in [0.5, 0.6) is 0 Å². The number of benzene rings is 1. The molecule has 3 aromatic rings. The van der Waals surface area contributed by atoms with E-state index in [2.05, 4.69) is 20.4 Å². The fraction of sp³-hybridized carbons (Fsp3) is 0.214. The monoisotopic (exact) mass is 321 g/mol. The van der Waals surface area contributed by atoms with Crippen molar-refractivity contribution >= 4 is 23.3 Å². The lowest BCUT2D eigenvalue weighted by Crippen LogP contribution is -2.15. The Morgan fingerprint density at radius 1 is 1.41 bits per heavy atom. The van der Waals surface area contributed by atoms with Crippen molar-refractivity contribution in [2.45, 2.75) is 19.9 Å². The third-order valence-corrected chi connectivity index (χ3v) is 3.59. The average molecular weight is 322 g/mol. The molecular formula is C14H13ClFN5O. The normalized spacial score (nSPS) is 11.0. The van der Waals surface area contributed by atoms with E-state index in [1.54, 1.807) is 6.07 Å². The molecule has 0 spiro atoms. The molecule has 22 heavy (non-hydrogen) atoms. The first kappa shape index (κ1) is 14.5. The van der Waals surface area contributed by atoms with Crippen LogP contribution in [0.4, 0.5) is 10.3 Å². The van der Waals surface area contributed by atoms with E-state index < -0.39 is 5.82 Å². The number of hydrogen-bond acceptors (Lipinski definition) is 4. The highest BCUT2D eigenvalue weighted by Crippen LogP contribution is 2.19. The largest absolute Gasteiger partial charge is 0.350 e. The topological polar surface area (TPSA) is 75.1 Å². The predicted molar refractivity (Wildman–Crippen MR) is 81.7 cm³/mol. The first-order valence-corrected chi connectivity index (χ1v) is 7.11. The SMILES string of the molecule is CCc1cc(=O)n2[nH]c(NCc3c(F)cccc3Cl)nc2n1. The van der Waals surface area contributed by atoms with Crippen LogP contribution >= 0.6 is 11.6 Å². The molecule has 0 bridgehead atoms. The highest BCUT2D eigenvalue weighted by molar-refractivity contribution is 6.31. The summed E-state index contributed by atoms with van der Waals surface area (Å²) >= 11 is 5.96. The molecule has 1 aromatic carbocycles. The van der Waals surface area contributed by atoms with E-state index in [0.717, 1.165) is 0 Å². The van der Waals surface area contributed by atoms with Gasteiger partial charge in [-0.3, -0.25) is 9.89 Å². The molecule has 2 aromatic heterocycles. The number of aromatic nitrogens is 4. The Kier molecular flexibility index (Phi) is 3.81. The lowest BCUT2D eigenvalue weighted by Gasteiger charge is -2.06. The van der Waals surface area contributed by atoms with Gasteiger partial charge in [-0.1, -0.05) is 24.6 Å². The fourth-order valence-electron chi connectivity index (χ4n) is 2.06. The highest BCUT2D eigenvalue weighted by atomic mass is 35.5.